The monoisotopic (exact) mass is 382 g/mol. The third-order valence-electron chi connectivity index (χ3n) is 2.91. The van der Waals surface area contributed by atoms with Crippen LogP contribution in [0.3, 0.4) is 0 Å². The summed E-state index contributed by atoms with van der Waals surface area (Å²) in [5.41, 5.74) is 1.08. The van der Waals surface area contributed by atoms with E-state index in [2.05, 4.69) is 20.8 Å². The maximum Gasteiger partial charge on any atom is 0.327 e. The van der Waals surface area contributed by atoms with Crippen molar-refractivity contribution in [1.29, 1.82) is 0 Å². The molecule has 2 amide bonds. The fourth-order valence-electron chi connectivity index (χ4n) is 1.84. The Bertz CT molecular complexity index is 881. The Labute approximate surface area is 151 Å². The molecule has 0 saturated heterocycles. The molecule has 1 heterocycles. The number of anilines is 2. The molecular weight excluding hydrogens is 375 g/mol. The Morgan fingerprint density at radius 3 is 2.33 bits per heavy atom. The standard InChI is InChI=1S/C15H9Cl3N4O2/c16-8-1-4-10(5-2-8)19-14(23)20-15-22-21-13(24-15)11-6-3-9(17)7-12(11)18/h1-7H,(H2,19,20,22,23). The number of hydrogen-bond donors (Lipinski definition) is 2. The summed E-state index contributed by atoms with van der Waals surface area (Å²) in [5.74, 6) is 0.165. The minimum absolute atomic E-state index is 0.0671. The average molecular weight is 384 g/mol. The molecule has 3 rings (SSSR count). The number of benzene rings is 2. The van der Waals surface area contributed by atoms with Gasteiger partial charge in [0.25, 0.3) is 5.89 Å². The maximum absolute atomic E-state index is 11.9. The van der Waals surface area contributed by atoms with Gasteiger partial charge in [0, 0.05) is 15.7 Å². The predicted molar refractivity (Wildman–Crippen MR) is 93.8 cm³/mol. The predicted octanol–water partition coefficient (Wildman–Crippen LogP) is 5.34. The number of nitrogens with zero attached hydrogens (tertiary/aromatic N) is 2. The molecule has 9 heteroatoms. The van der Waals surface area contributed by atoms with Crippen molar-refractivity contribution in [2.75, 3.05) is 10.6 Å². The van der Waals surface area contributed by atoms with Gasteiger partial charge in [0.05, 0.1) is 10.6 Å². The van der Waals surface area contributed by atoms with Crippen molar-refractivity contribution in [3.63, 3.8) is 0 Å². The second-order valence-corrected chi connectivity index (χ2v) is 5.90. The summed E-state index contributed by atoms with van der Waals surface area (Å²) in [6, 6.07) is 10.9. The highest BCUT2D eigenvalue weighted by molar-refractivity contribution is 6.36. The van der Waals surface area contributed by atoms with E-state index >= 15 is 0 Å². The first-order chi connectivity index (χ1) is 11.5. The second-order valence-electron chi connectivity index (χ2n) is 4.62. The SMILES string of the molecule is O=C(Nc1ccc(Cl)cc1)Nc1nnc(-c2ccc(Cl)cc2Cl)o1. The Morgan fingerprint density at radius 2 is 1.62 bits per heavy atom. The number of carbonyl (C=O) groups excluding carboxylic acids is 1. The van der Waals surface area contributed by atoms with E-state index in [1.54, 1.807) is 42.5 Å². The zero-order chi connectivity index (χ0) is 17.1. The Balaban J connectivity index is 1.69. The first-order valence-corrected chi connectivity index (χ1v) is 7.77. The van der Waals surface area contributed by atoms with Crippen molar-refractivity contribution in [1.82, 2.24) is 10.2 Å². The van der Waals surface area contributed by atoms with E-state index in [1.807, 2.05) is 0 Å². The van der Waals surface area contributed by atoms with Crippen LogP contribution < -0.4 is 10.6 Å². The van der Waals surface area contributed by atoms with Crippen LogP contribution in [-0.4, -0.2) is 16.2 Å². The molecule has 2 N–H and O–H groups in total. The number of halogens is 3. The van der Waals surface area contributed by atoms with E-state index < -0.39 is 6.03 Å². The van der Waals surface area contributed by atoms with Crippen molar-refractivity contribution in [2.45, 2.75) is 0 Å². The Morgan fingerprint density at radius 1 is 0.917 bits per heavy atom. The van der Waals surface area contributed by atoms with Crippen LogP contribution in [0.4, 0.5) is 16.5 Å². The van der Waals surface area contributed by atoms with Gasteiger partial charge in [-0.25, -0.2) is 4.79 Å². The number of rotatable bonds is 3. The van der Waals surface area contributed by atoms with Crippen molar-refractivity contribution >= 4 is 52.5 Å². The third kappa shape index (κ3) is 3.97. The van der Waals surface area contributed by atoms with Crippen molar-refractivity contribution < 1.29 is 9.21 Å². The number of carbonyl (C=O) groups is 1. The zero-order valence-corrected chi connectivity index (χ0v) is 14.2. The average Bonchev–Trinajstić information content (AvgIpc) is 2.97. The van der Waals surface area contributed by atoms with E-state index in [-0.39, 0.29) is 11.9 Å². The summed E-state index contributed by atoms with van der Waals surface area (Å²) >= 11 is 17.7. The molecular formula is C15H9Cl3N4O2. The number of urea groups is 1. The molecule has 0 radical (unpaired) electrons. The number of amides is 2. The lowest BCUT2D eigenvalue weighted by Crippen LogP contribution is -2.19. The van der Waals surface area contributed by atoms with Gasteiger partial charge in [-0.3, -0.25) is 5.32 Å². The summed E-state index contributed by atoms with van der Waals surface area (Å²) in [6.45, 7) is 0. The molecule has 0 unspecified atom stereocenters. The number of hydrogen-bond acceptors (Lipinski definition) is 4. The minimum Gasteiger partial charge on any atom is -0.403 e. The van der Waals surface area contributed by atoms with E-state index in [1.165, 1.54) is 0 Å². The normalized spacial score (nSPS) is 10.5. The molecule has 3 aromatic rings. The topological polar surface area (TPSA) is 80.0 Å². The van der Waals surface area contributed by atoms with Crippen LogP contribution in [0.25, 0.3) is 11.5 Å². The molecule has 0 spiro atoms. The van der Waals surface area contributed by atoms with Gasteiger partial charge >= 0.3 is 12.0 Å². The molecule has 24 heavy (non-hydrogen) atoms. The molecule has 122 valence electrons. The largest absolute Gasteiger partial charge is 0.403 e. The van der Waals surface area contributed by atoms with Crippen molar-refractivity contribution in [3.8, 4) is 11.5 Å². The molecule has 0 aliphatic heterocycles. The van der Waals surface area contributed by atoms with Crippen molar-refractivity contribution in [3.05, 3.63) is 57.5 Å². The Hall–Kier alpha value is -2.28. The highest BCUT2D eigenvalue weighted by Crippen LogP contribution is 2.30. The zero-order valence-electron chi connectivity index (χ0n) is 11.9. The molecule has 0 aliphatic carbocycles. The summed E-state index contributed by atoms with van der Waals surface area (Å²) in [6.07, 6.45) is 0. The smallest absolute Gasteiger partial charge is 0.327 e. The lowest BCUT2D eigenvalue weighted by atomic mass is 10.2. The van der Waals surface area contributed by atoms with Crippen LogP contribution in [0.1, 0.15) is 0 Å². The van der Waals surface area contributed by atoms with Crippen LogP contribution in [0.15, 0.2) is 46.9 Å². The second kappa shape index (κ2) is 7.09. The molecule has 0 bridgehead atoms. The van der Waals surface area contributed by atoms with E-state index in [9.17, 15) is 4.79 Å². The molecule has 6 nitrogen and oxygen atoms in total. The van der Waals surface area contributed by atoms with Crippen LogP contribution in [-0.2, 0) is 0 Å². The van der Waals surface area contributed by atoms with Gasteiger partial charge in [0.15, 0.2) is 0 Å². The van der Waals surface area contributed by atoms with Crippen molar-refractivity contribution in [2.24, 2.45) is 0 Å². The maximum atomic E-state index is 11.9. The minimum atomic E-state index is -0.533. The number of nitrogens with one attached hydrogen (secondary N) is 2. The van der Waals surface area contributed by atoms with Crippen LogP contribution in [0.2, 0.25) is 15.1 Å². The lowest BCUT2D eigenvalue weighted by Gasteiger charge is -2.04. The highest BCUT2D eigenvalue weighted by Gasteiger charge is 2.14. The highest BCUT2D eigenvalue weighted by atomic mass is 35.5. The van der Waals surface area contributed by atoms with Gasteiger partial charge in [-0.15, -0.1) is 5.10 Å². The fourth-order valence-corrected chi connectivity index (χ4v) is 2.45. The number of aromatic nitrogens is 2. The van der Waals surface area contributed by atoms with Gasteiger partial charge in [-0.05, 0) is 42.5 Å². The molecule has 0 saturated carbocycles. The fraction of sp³-hybridized carbons (Fsp3) is 0. The first-order valence-electron chi connectivity index (χ1n) is 6.64. The summed E-state index contributed by atoms with van der Waals surface area (Å²) in [7, 11) is 0. The van der Waals surface area contributed by atoms with Crippen LogP contribution >= 0.6 is 34.8 Å². The third-order valence-corrected chi connectivity index (χ3v) is 3.71. The molecule has 2 aromatic carbocycles. The molecule has 0 atom stereocenters. The van der Waals surface area contributed by atoms with E-state index in [4.69, 9.17) is 39.2 Å². The van der Waals surface area contributed by atoms with Gasteiger partial charge in [-0.2, -0.15) is 0 Å². The molecule has 1 aromatic heterocycles. The van der Waals surface area contributed by atoms with Gasteiger partial charge in [-0.1, -0.05) is 39.9 Å². The summed E-state index contributed by atoms with van der Waals surface area (Å²) in [4.78, 5) is 11.9. The molecule has 0 aliphatic rings. The van der Waals surface area contributed by atoms with Gasteiger partial charge in [0.2, 0.25) is 0 Å². The Kier molecular flexibility index (Phi) is 4.89. The van der Waals surface area contributed by atoms with Gasteiger partial charge in [0.1, 0.15) is 0 Å². The lowest BCUT2D eigenvalue weighted by molar-refractivity contribution is 0.261. The summed E-state index contributed by atoms with van der Waals surface area (Å²) in [5, 5.41) is 14.1. The van der Waals surface area contributed by atoms with E-state index in [0.29, 0.717) is 26.3 Å². The van der Waals surface area contributed by atoms with Gasteiger partial charge < -0.3 is 9.73 Å². The van der Waals surface area contributed by atoms with Crippen LogP contribution in [0.5, 0.6) is 0 Å². The van der Waals surface area contributed by atoms with Crippen LogP contribution in [0, 0.1) is 0 Å². The molecule has 0 fully saturated rings. The van der Waals surface area contributed by atoms with E-state index in [0.717, 1.165) is 0 Å². The quantitative estimate of drug-likeness (QED) is 0.639. The summed E-state index contributed by atoms with van der Waals surface area (Å²) < 4.78 is 5.38. The first kappa shape index (κ1) is 16.6.